The maximum absolute atomic E-state index is 13.0. The number of likely N-dealkylation sites (tertiary alicyclic amines) is 1. The van der Waals surface area contributed by atoms with Crippen molar-refractivity contribution in [3.63, 3.8) is 0 Å². The molecule has 1 aliphatic heterocycles. The molecule has 0 saturated carbocycles. The zero-order valence-electron chi connectivity index (χ0n) is 18.6. The van der Waals surface area contributed by atoms with E-state index in [2.05, 4.69) is 36.9 Å². The average molecular weight is 433 g/mol. The molecule has 0 aromatic heterocycles. The molecule has 5 heteroatoms. The van der Waals surface area contributed by atoms with Crippen LogP contribution >= 0.6 is 0 Å². The largest absolute Gasteiger partial charge is 0.457 e. The van der Waals surface area contributed by atoms with E-state index < -0.39 is 0 Å². The highest BCUT2D eigenvalue weighted by Crippen LogP contribution is 2.40. The highest BCUT2D eigenvalue weighted by atomic mass is 19.1. The summed E-state index contributed by atoms with van der Waals surface area (Å²) in [6.45, 7) is 7.40. The highest BCUT2D eigenvalue weighted by molar-refractivity contribution is 5.92. The van der Waals surface area contributed by atoms with Crippen molar-refractivity contribution in [2.75, 3.05) is 13.1 Å². The minimum atomic E-state index is -0.382. The van der Waals surface area contributed by atoms with Gasteiger partial charge in [0.15, 0.2) is 0 Å². The zero-order chi connectivity index (χ0) is 22.7. The summed E-state index contributed by atoms with van der Waals surface area (Å²) in [5.41, 5.74) is 8.47. The lowest BCUT2D eigenvalue weighted by atomic mass is 9.68. The molecule has 1 amide bonds. The summed E-state index contributed by atoms with van der Waals surface area (Å²) < 4.78 is 18.8. The predicted octanol–water partition coefficient (Wildman–Crippen LogP) is 5.52. The van der Waals surface area contributed by atoms with Gasteiger partial charge in [0.1, 0.15) is 17.3 Å². The number of amides is 1. The Labute approximate surface area is 188 Å². The molecule has 166 valence electrons. The summed E-state index contributed by atoms with van der Waals surface area (Å²) in [6.07, 6.45) is 1.02. The lowest BCUT2D eigenvalue weighted by Gasteiger charge is -2.45. The van der Waals surface area contributed by atoms with E-state index in [9.17, 15) is 9.18 Å². The standard InChI is InChI=1S/C27H29FN2O2/c1-19-17-30(15-14-27(19,2)22-5-3-4-21(16-22)26(29)31)18-20-6-10-24(11-7-20)32-25-12-8-23(28)9-13-25/h3-13,16,19H,14-15,17-18H2,1-2H3,(H2,29,31). The lowest BCUT2D eigenvalue weighted by molar-refractivity contribution is 0.0996. The van der Waals surface area contributed by atoms with Gasteiger partial charge in [-0.25, -0.2) is 4.39 Å². The molecule has 32 heavy (non-hydrogen) atoms. The molecule has 2 atom stereocenters. The second-order valence-corrected chi connectivity index (χ2v) is 8.95. The number of nitrogens with two attached hydrogens (primary N) is 1. The molecule has 2 N–H and O–H groups in total. The summed E-state index contributed by atoms with van der Waals surface area (Å²) in [6, 6.07) is 21.8. The van der Waals surface area contributed by atoms with Gasteiger partial charge in [-0.1, -0.05) is 38.1 Å². The van der Waals surface area contributed by atoms with Gasteiger partial charge in [0, 0.05) is 18.7 Å². The van der Waals surface area contributed by atoms with Crippen molar-refractivity contribution in [1.82, 2.24) is 4.90 Å². The Kier molecular flexibility index (Phi) is 6.28. The fourth-order valence-electron chi connectivity index (χ4n) is 4.48. The number of carbonyl (C=O) groups excluding carboxylic acids is 1. The number of hydrogen-bond acceptors (Lipinski definition) is 3. The first kappa shape index (κ1) is 22.0. The van der Waals surface area contributed by atoms with Gasteiger partial charge in [0.2, 0.25) is 5.91 Å². The van der Waals surface area contributed by atoms with Gasteiger partial charge >= 0.3 is 0 Å². The van der Waals surface area contributed by atoms with Crippen molar-refractivity contribution in [1.29, 1.82) is 0 Å². The van der Waals surface area contributed by atoms with Crippen molar-refractivity contribution in [3.8, 4) is 11.5 Å². The molecule has 3 aromatic rings. The SMILES string of the molecule is CC1CN(Cc2ccc(Oc3ccc(F)cc3)cc2)CCC1(C)c1cccc(C(N)=O)c1. The van der Waals surface area contributed by atoms with Crippen LogP contribution in [0.1, 0.15) is 41.8 Å². The third-order valence-electron chi connectivity index (χ3n) is 6.75. The fourth-order valence-corrected chi connectivity index (χ4v) is 4.48. The van der Waals surface area contributed by atoms with Crippen LogP contribution in [0.4, 0.5) is 4.39 Å². The van der Waals surface area contributed by atoms with E-state index >= 15 is 0 Å². The van der Waals surface area contributed by atoms with Crippen LogP contribution in [0, 0.1) is 11.7 Å². The number of carbonyl (C=O) groups is 1. The monoisotopic (exact) mass is 432 g/mol. The van der Waals surface area contributed by atoms with E-state index in [0.717, 1.165) is 31.8 Å². The molecule has 2 unspecified atom stereocenters. The first-order chi connectivity index (χ1) is 15.3. The minimum absolute atomic E-state index is 0.00875. The third kappa shape index (κ3) is 4.83. The Morgan fingerprint density at radius 3 is 2.38 bits per heavy atom. The van der Waals surface area contributed by atoms with Crippen LogP contribution in [0.25, 0.3) is 0 Å². The van der Waals surface area contributed by atoms with Crippen LogP contribution in [-0.4, -0.2) is 23.9 Å². The summed E-state index contributed by atoms with van der Waals surface area (Å²) in [5.74, 6) is 1.12. The molecule has 0 radical (unpaired) electrons. The number of piperidine rings is 1. The highest BCUT2D eigenvalue weighted by Gasteiger charge is 2.38. The van der Waals surface area contributed by atoms with Crippen molar-refractivity contribution >= 4 is 5.91 Å². The Hall–Kier alpha value is -3.18. The van der Waals surface area contributed by atoms with E-state index in [4.69, 9.17) is 10.5 Å². The molecule has 4 nitrogen and oxygen atoms in total. The zero-order valence-corrected chi connectivity index (χ0v) is 18.6. The molecular weight excluding hydrogens is 403 g/mol. The minimum Gasteiger partial charge on any atom is -0.457 e. The Morgan fingerprint density at radius 1 is 1.09 bits per heavy atom. The van der Waals surface area contributed by atoms with E-state index in [0.29, 0.717) is 17.2 Å². The molecule has 1 fully saturated rings. The Morgan fingerprint density at radius 2 is 1.75 bits per heavy atom. The first-order valence-corrected chi connectivity index (χ1v) is 11.0. The van der Waals surface area contributed by atoms with Crippen molar-refractivity contribution in [2.45, 2.75) is 32.2 Å². The van der Waals surface area contributed by atoms with Crippen LogP contribution in [0.15, 0.2) is 72.8 Å². The van der Waals surface area contributed by atoms with Crippen molar-refractivity contribution in [3.05, 3.63) is 95.3 Å². The molecule has 1 heterocycles. The van der Waals surface area contributed by atoms with Crippen LogP contribution in [-0.2, 0) is 12.0 Å². The van der Waals surface area contributed by atoms with Crippen LogP contribution in [0.2, 0.25) is 0 Å². The molecule has 0 bridgehead atoms. The van der Waals surface area contributed by atoms with E-state index in [1.807, 2.05) is 24.3 Å². The maximum atomic E-state index is 13.0. The third-order valence-corrected chi connectivity index (χ3v) is 6.75. The Bertz CT molecular complexity index is 1080. The number of primary amides is 1. The van der Waals surface area contributed by atoms with Gasteiger partial charge in [-0.3, -0.25) is 9.69 Å². The van der Waals surface area contributed by atoms with Gasteiger partial charge in [0.25, 0.3) is 0 Å². The van der Waals surface area contributed by atoms with Gasteiger partial charge in [0.05, 0.1) is 0 Å². The molecule has 3 aromatic carbocycles. The average Bonchev–Trinajstić information content (AvgIpc) is 2.79. The van der Waals surface area contributed by atoms with Crippen LogP contribution < -0.4 is 10.5 Å². The second kappa shape index (κ2) is 9.13. The lowest BCUT2D eigenvalue weighted by Crippen LogP contribution is -2.47. The number of hydrogen-bond donors (Lipinski definition) is 1. The molecule has 1 aliphatic rings. The molecule has 4 rings (SSSR count). The molecule has 1 saturated heterocycles. The number of halogens is 1. The van der Waals surface area contributed by atoms with Crippen molar-refractivity contribution in [2.24, 2.45) is 11.7 Å². The van der Waals surface area contributed by atoms with Gasteiger partial charge in [-0.15, -0.1) is 0 Å². The quantitative estimate of drug-likeness (QED) is 0.558. The van der Waals surface area contributed by atoms with E-state index in [1.165, 1.54) is 23.3 Å². The van der Waals surface area contributed by atoms with E-state index in [-0.39, 0.29) is 17.1 Å². The topological polar surface area (TPSA) is 55.6 Å². The summed E-state index contributed by atoms with van der Waals surface area (Å²) in [7, 11) is 0. The van der Waals surface area contributed by atoms with Gasteiger partial charge in [-0.2, -0.15) is 0 Å². The summed E-state index contributed by atoms with van der Waals surface area (Å²) in [4.78, 5) is 14.1. The number of ether oxygens (including phenoxy) is 1. The first-order valence-electron chi connectivity index (χ1n) is 11.0. The normalized spacial score (nSPS) is 21.3. The predicted molar refractivity (Wildman–Crippen MR) is 124 cm³/mol. The van der Waals surface area contributed by atoms with Crippen molar-refractivity contribution < 1.29 is 13.9 Å². The van der Waals surface area contributed by atoms with Gasteiger partial charge < -0.3 is 10.5 Å². The van der Waals surface area contributed by atoms with Crippen LogP contribution in [0.5, 0.6) is 11.5 Å². The molecular formula is C27H29FN2O2. The number of rotatable bonds is 6. The number of nitrogens with zero attached hydrogens (tertiary/aromatic N) is 1. The molecule has 0 spiro atoms. The van der Waals surface area contributed by atoms with Gasteiger partial charge in [-0.05, 0) is 84.0 Å². The smallest absolute Gasteiger partial charge is 0.248 e. The fraction of sp³-hybridized carbons (Fsp3) is 0.296. The maximum Gasteiger partial charge on any atom is 0.248 e. The van der Waals surface area contributed by atoms with Crippen LogP contribution in [0.3, 0.4) is 0 Å². The Balaban J connectivity index is 1.38. The summed E-state index contributed by atoms with van der Waals surface area (Å²) in [5, 5.41) is 0. The molecule has 0 aliphatic carbocycles. The second-order valence-electron chi connectivity index (χ2n) is 8.95. The number of benzene rings is 3. The van der Waals surface area contributed by atoms with E-state index in [1.54, 1.807) is 18.2 Å². The summed E-state index contributed by atoms with van der Waals surface area (Å²) >= 11 is 0.